The van der Waals surface area contributed by atoms with E-state index in [1.807, 2.05) is 0 Å². The van der Waals surface area contributed by atoms with E-state index in [2.05, 4.69) is 21.2 Å². The number of benzene rings is 1. The fourth-order valence-electron chi connectivity index (χ4n) is 1.91. The first-order valence-electron chi connectivity index (χ1n) is 4.99. The van der Waals surface area contributed by atoms with E-state index in [9.17, 15) is 9.18 Å². The predicted octanol–water partition coefficient (Wildman–Crippen LogP) is 2.80. The van der Waals surface area contributed by atoms with Crippen LogP contribution in [-0.2, 0) is 9.53 Å². The van der Waals surface area contributed by atoms with Gasteiger partial charge in [0.25, 0.3) is 5.91 Å². The number of fused-ring (bicyclic) bond motifs is 1. The van der Waals surface area contributed by atoms with Crippen LogP contribution < -0.4 is 5.32 Å². The molecule has 0 unspecified atom stereocenters. The second kappa shape index (κ2) is 3.70. The van der Waals surface area contributed by atoms with Crippen molar-refractivity contribution in [2.45, 2.75) is 0 Å². The molecule has 0 spiro atoms. The Morgan fingerprint density at radius 1 is 1.41 bits per heavy atom. The molecule has 0 saturated carbocycles. The van der Waals surface area contributed by atoms with Crippen LogP contribution >= 0.6 is 15.9 Å². The van der Waals surface area contributed by atoms with E-state index in [4.69, 9.17) is 4.74 Å². The average molecular weight is 296 g/mol. The summed E-state index contributed by atoms with van der Waals surface area (Å²) < 4.78 is 19.3. The molecule has 2 aliphatic heterocycles. The zero-order chi connectivity index (χ0) is 12.0. The molecule has 5 heteroatoms. The highest BCUT2D eigenvalue weighted by Gasteiger charge is 2.29. The summed E-state index contributed by atoms with van der Waals surface area (Å²) in [4.78, 5) is 11.8. The standard InChI is InChI=1S/C12H7BrFNO2/c13-6-3-10(17-5-6)11-8-2-1-7(14)4-9(8)15-12(11)16/h1-4H,5H2,(H,15,16). The molecule has 17 heavy (non-hydrogen) atoms. The van der Waals surface area contributed by atoms with Crippen molar-refractivity contribution in [3.63, 3.8) is 0 Å². The van der Waals surface area contributed by atoms with Crippen LogP contribution in [0.5, 0.6) is 0 Å². The van der Waals surface area contributed by atoms with Crippen molar-refractivity contribution in [2.24, 2.45) is 0 Å². The summed E-state index contributed by atoms with van der Waals surface area (Å²) in [6, 6.07) is 4.20. The van der Waals surface area contributed by atoms with Gasteiger partial charge in [-0.1, -0.05) is 15.9 Å². The molecule has 0 aliphatic carbocycles. The fraction of sp³-hybridized carbons (Fsp3) is 0.0833. The number of allylic oxidation sites excluding steroid dienone is 1. The van der Waals surface area contributed by atoms with Crippen molar-refractivity contribution in [1.29, 1.82) is 0 Å². The minimum Gasteiger partial charge on any atom is -0.487 e. The Morgan fingerprint density at radius 2 is 2.24 bits per heavy atom. The number of carbonyl (C=O) groups excluding carboxylic acids is 1. The quantitative estimate of drug-likeness (QED) is 0.748. The summed E-state index contributed by atoms with van der Waals surface area (Å²) in [5, 5.41) is 2.62. The third-order valence-electron chi connectivity index (χ3n) is 2.63. The van der Waals surface area contributed by atoms with Gasteiger partial charge in [0, 0.05) is 10.0 Å². The summed E-state index contributed by atoms with van der Waals surface area (Å²) in [7, 11) is 0. The summed E-state index contributed by atoms with van der Waals surface area (Å²) in [5.74, 6) is -0.127. The van der Waals surface area contributed by atoms with Gasteiger partial charge in [0.05, 0.1) is 11.3 Å². The number of anilines is 1. The lowest BCUT2D eigenvalue weighted by atomic mass is 10.1. The molecular weight excluding hydrogens is 289 g/mol. The summed E-state index contributed by atoms with van der Waals surface area (Å²) in [6.07, 6.45) is 1.76. The molecule has 3 nitrogen and oxygen atoms in total. The molecular formula is C12H7BrFNO2. The maximum Gasteiger partial charge on any atom is 0.260 e. The number of hydrogen-bond acceptors (Lipinski definition) is 2. The van der Waals surface area contributed by atoms with Gasteiger partial charge in [-0.15, -0.1) is 0 Å². The molecule has 0 aromatic heterocycles. The van der Waals surface area contributed by atoms with Crippen LogP contribution in [0.15, 0.2) is 34.5 Å². The van der Waals surface area contributed by atoms with E-state index in [-0.39, 0.29) is 11.7 Å². The highest BCUT2D eigenvalue weighted by atomic mass is 79.9. The second-order valence-electron chi connectivity index (χ2n) is 3.76. The number of amides is 1. The zero-order valence-corrected chi connectivity index (χ0v) is 10.2. The number of ether oxygens (including phenoxy) is 1. The molecule has 2 heterocycles. The molecule has 0 bridgehead atoms. The Bertz CT molecular complexity index is 592. The van der Waals surface area contributed by atoms with Gasteiger partial charge >= 0.3 is 0 Å². The minimum atomic E-state index is -0.376. The van der Waals surface area contributed by atoms with Gasteiger partial charge in [0.15, 0.2) is 0 Å². The monoisotopic (exact) mass is 295 g/mol. The van der Waals surface area contributed by atoms with Gasteiger partial charge in [-0.05, 0) is 24.3 Å². The fourth-order valence-corrected chi connectivity index (χ4v) is 2.23. The van der Waals surface area contributed by atoms with Crippen LogP contribution in [-0.4, -0.2) is 12.5 Å². The van der Waals surface area contributed by atoms with E-state index >= 15 is 0 Å². The van der Waals surface area contributed by atoms with Crippen molar-refractivity contribution in [1.82, 2.24) is 0 Å². The SMILES string of the molecule is O=C1Nc2cc(F)ccc2C1=C1C=C(Br)CO1. The molecule has 1 N–H and O–H groups in total. The molecule has 3 rings (SSSR count). The molecule has 0 fully saturated rings. The first kappa shape index (κ1) is 10.5. The minimum absolute atomic E-state index is 0.265. The van der Waals surface area contributed by atoms with Crippen LogP contribution in [0.1, 0.15) is 5.56 Å². The normalized spacial score (nSPS) is 22.0. The molecule has 0 radical (unpaired) electrons. The van der Waals surface area contributed by atoms with Crippen LogP contribution in [0.25, 0.3) is 5.57 Å². The van der Waals surface area contributed by atoms with Crippen molar-refractivity contribution < 1.29 is 13.9 Å². The van der Waals surface area contributed by atoms with Gasteiger partial charge in [0.1, 0.15) is 18.2 Å². The van der Waals surface area contributed by atoms with Gasteiger partial charge in [0.2, 0.25) is 0 Å². The van der Waals surface area contributed by atoms with E-state index in [0.29, 0.717) is 29.2 Å². The maximum absolute atomic E-state index is 13.0. The topological polar surface area (TPSA) is 38.3 Å². The van der Waals surface area contributed by atoms with Crippen molar-refractivity contribution in [3.8, 4) is 0 Å². The number of halogens is 2. The predicted molar refractivity (Wildman–Crippen MR) is 64.9 cm³/mol. The molecule has 2 aliphatic rings. The van der Waals surface area contributed by atoms with Gasteiger partial charge in [-0.2, -0.15) is 0 Å². The lowest BCUT2D eigenvalue weighted by Gasteiger charge is -2.02. The molecule has 86 valence electrons. The Morgan fingerprint density at radius 3 is 2.94 bits per heavy atom. The zero-order valence-electron chi connectivity index (χ0n) is 8.59. The van der Waals surface area contributed by atoms with Crippen molar-refractivity contribution in [3.05, 3.63) is 45.9 Å². The average Bonchev–Trinajstić information content (AvgIpc) is 2.80. The number of nitrogens with one attached hydrogen (secondary N) is 1. The van der Waals surface area contributed by atoms with E-state index in [0.717, 1.165) is 4.48 Å². The Kier molecular flexibility index (Phi) is 2.29. The van der Waals surface area contributed by atoms with Gasteiger partial charge < -0.3 is 10.1 Å². The summed E-state index contributed by atoms with van der Waals surface area (Å²) >= 11 is 3.31. The highest BCUT2D eigenvalue weighted by Crippen LogP contribution is 2.37. The highest BCUT2D eigenvalue weighted by molar-refractivity contribution is 9.11. The van der Waals surface area contributed by atoms with E-state index in [1.54, 1.807) is 12.1 Å². The van der Waals surface area contributed by atoms with Crippen molar-refractivity contribution in [2.75, 3.05) is 11.9 Å². The van der Waals surface area contributed by atoms with Crippen LogP contribution in [0.2, 0.25) is 0 Å². The maximum atomic E-state index is 13.0. The molecule has 1 aromatic rings. The van der Waals surface area contributed by atoms with E-state index < -0.39 is 0 Å². The Hall–Kier alpha value is -1.62. The van der Waals surface area contributed by atoms with Crippen LogP contribution in [0, 0.1) is 5.82 Å². The molecule has 0 atom stereocenters. The number of carbonyl (C=O) groups is 1. The lowest BCUT2D eigenvalue weighted by molar-refractivity contribution is -0.110. The van der Waals surface area contributed by atoms with Gasteiger partial charge in [-0.25, -0.2) is 4.39 Å². The largest absolute Gasteiger partial charge is 0.487 e. The van der Waals surface area contributed by atoms with Crippen LogP contribution in [0.3, 0.4) is 0 Å². The third kappa shape index (κ3) is 1.67. The first-order chi connectivity index (χ1) is 8.15. The third-order valence-corrected chi connectivity index (χ3v) is 3.08. The molecule has 1 aromatic carbocycles. The number of rotatable bonds is 0. The summed E-state index contributed by atoms with van der Waals surface area (Å²) in [5.41, 5.74) is 1.61. The smallest absolute Gasteiger partial charge is 0.260 e. The van der Waals surface area contributed by atoms with Gasteiger partial charge in [-0.3, -0.25) is 4.79 Å². The first-order valence-corrected chi connectivity index (χ1v) is 5.79. The van der Waals surface area contributed by atoms with E-state index in [1.165, 1.54) is 12.1 Å². The Balaban J connectivity index is 2.18. The van der Waals surface area contributed by atoms with Crippen LogP contribution in [0.4, 0.5) is 10.1 Å². The summed E-state index contributed by atoms with van der Waals surface area (Å²) in [6.45, 7) is 0.419. The Labute approximate surface area is 105 Å². The molecule has 0 saturated heterocycles. The van der Waals surface area contributed by atoms with Crippen molar-refractivity contribution >= 4 is 33.1 Å². The number of hydrogen-bond donors (Lipinski definition) is 1. The second-order valence-corrected chi connectivity index (χ2v) is 4.78. The lowest BCUT2D eigenvalue weighted by Crippen LogP contribution is -2.05. The molecule has 1 amide bonds.